The van der Waals surface area contributed by atoms with E-state index in [0.717, 1.165) is 20.2 Å². The van der Waals surface area contributed by atoms with E-state index in [1.54, 1.807) is 24.3 Å². The van der Waals surface area contributed by atoms with Crippen LogP contribution in [0.5, 0.6) is 5.75 Å². The number of benzene rings is 2. The highest BCUT2D eigenvalue weighted by Crippen LogP contribution is 2.27. The van der Waals surface area contributed by atoms with Gasteiger partial charge in [0, 0.05) is 18.8 Å². The second-order valence-corrected chi connectivity index (χ2v) is 6.41. The summed E-state index contributed by atoms with van der Waals surface area (Å²) in [6.07, 6.45) is -1.02. The fraction of sp³-hybridized carbons (Fsp3) is 0.176. The largest absolute Gasteiger partial charge is 0.486 e. The summed E-state index contributed by atoms with van der Waals surface area (Å²) < 4.78 is 19.8. The highest BCUT2D eigenvalue weighted by Gasteiger charge is 2.12. The zero-order valence-electron chi connectivity index (χ0n) is 13.1. The molecule has 0 spiro atoms. The maximum atomic E-state index is 13.2. The number of rotatable bonds is 4. The number of ether oxygens (including phenoxy) is 1. The van der Waals surface area contributed by atoms with Gasteiger partial charge in [-0.1, -0.05) is 0 Å². The Morgan fingerprint density at radius 1 is 1.33 bits per heavy atom. The van der Waals surface area contributed by atoms with E-state index in [1.165, 1.54) is 30.5 Å². The number of aryl methyl sites for hydroxylation is 1. The Morgan fingerprint density at radius 3 is 2.83 bits per heavy atom. The highest BCUT2D eigenvalue weighted by molar-refractivity contribution is 7.18. The van der Waals surface area contributed by atoms with E-state index in [2.05, 4.69) is 4.98 Å². The van der Waals surface area contributed by atoms with Gasteiger partial charge in [-0.25, -0.2) is 14.2 Å². The van der Waals surface area contributed by atoms with Crippen LogP contribution in [-0.2, 0) is 6.61 Å². The Labute approximate surface area is 141 Å². The number of amides is 1. The number of halogens is 1. The Hall–Kier alpha value is -2.67. The van der Waals surface area contributed by atoms with Gasteiger partial charge in [-0.2, -0.15) is 0 Å². The normalized spacial score (nSPS) is 10.8. The van der Waals surface area contributed by atoms with Crippen LogP contribution in [0.4, 0.5) is 14.9 Å². The maximum absolute atomic E-state index is 13.2. The number of hydrogen-bond donors (Lipinski definition) is 1. The maximum Gasteiger partial charge on any atom is 0.411 e. The highest BCUT2D eigenvalue weighted by atomic mass is 32.1. The Kier molecular flexibility index (Phi) is 4.35. The fourth-order valence-electron chi connectivity index (χ4n) is 2.35. The van der Waals surface area contributed by atoms with Gasteiger partial charge in [-0.3, -0.25) is 4.90 Å². The predicted molar refractivity (Wildman–Crippen MR) is 91.5 cm³/mol. The average Bonchev–Trinajstić information content (AvgIpc) is 2.94. The van der Waals surface area contributed by atoms with Gasteiger partial charge in [0.15, 0.2) is 0 Å². The molecule has 0 fully saturated rings. The number of anilines is 1. The Balaban J connectivity index is 1.73. The molecule has 0 saturated heterocycles. The van der Waals surface area contributed by atoms with Crippen molar-refractivity contribution < 1.29 is 19.0 Å². The van der Waals surface area contributed by atoms with E-state index >= 15 is 0 Å². The second-order valence-electron chi connectivity index (χ2n) is 5.30. The molecule has 1 N–H and O–H groups in total. The molecule has 7 heteroatoms. The number of nitrogens with zero attached hydrogens (tertiary/aromatic N) is 2. The first kappa shape index (κ1) is 16.2. The van der Waals surface area contributed by atoms with Crippen molar-refractivity contribution in [2.24, 2.45) is 0 Å². The van der Waals surface area contributed by atoms with Crippen molar-refractivity contribution in [3.05, 3.63) is 52.8 Å². The van der Waals surface area contributed by atoms with Crippen LogP contribution < -0.4 is 9.64 Å². The molecule has 124 valence electrons. The van der Waals surface area contributed by atoms with Gasteiger partial charge in [0.25, 0.3) is 0 Å². The molecule has 0 aliphatic rings. The van der Waals surface area contributed by atoms with Crippen molar-refractivity contribution in [3.63, 3.8) is 0 Å². The van der Waals surface area contributed by atoms with Gasteiger partial charge in [0.2, 0.25) is 0 Å². The standard InChI is InChI=1S/C17H15FN2O3S/c1-10-7-12(4-5-14(10)20(2)17(21)22)23-9-16-19-13-8-11(18)3-6-15(13)24-16/h3-8H,9H2,1-2H3,(H,21,22). The zero-order valence-corrected chi connectivity index (χ0v) is 13.9. The van der Waals surface area contributed by atoms with E-state index in [1.807, 2.05) is 6.92 Å². The molecule has 0 saturated carbocycles. The first-order valence-corrected chi connectivity index (χ1v) is 8.01. The molecular weight excluding hydrogens is 331 g/mol. The van der Waals surface area contributed by atoms with Gasteiger partial charge in [0.1, 0.15) is 23.2 Å². The minimum Gasteiger partial charge on any atom is -0.486 e. The first-order chi connectivity index (χ1) is 11.4. The van der Waals surface area contributed by atoms with E-state index in [4.69, 9.17) is 9.84 Å². The van der Waals surface area contributed by atoms with Crippen molar-refractivity contribution in [2.45, 2.75) is 13.5 Å². The summed E-state index contributed by atoms with van der Waals surface area (Å²) in [5.74, 6) is 0.314. The predicted octanol–water partition coefficient (Wildman–Crippen LogP) is 4.44. The van der Waals surface area contributed by atoms with Crippen molar-refractivity contribution in [1.82, 2.24) is 4.98 Å². The summed E-state index contributed by atoms with van der Waals surface area (Å²) >= 11 is 1.45. The van der Waals surface area contributed by atoms with Crippen LogP contribution in [-0.4, -0.2) is 23.2 Å². The van der Waals surface area contributed by atoms with Crippen LogP contribution in [0.15, 0.2) is 36.4 Å². The first-order valence-electron chi connectivity index (χ1n) is 7.19. The van der Waals surface area contributed by atoms with Crippen LogP contribution in [0.25, 0.3) is 10.2 Å². The SMILES string of the molecule is Cc1cc(OCc2nc3cc(F)ccc3s2)ccc1N(C)C(=O)O. The molecule has 1 amide bonds. The average molecular weight is 346 g/mol. The van der Waals surface area contributed by atoms with Crippen molar-refractivity contribution in [2.75, 3.05) is 11.9 Å². The van der Waals surface area contributed by atoms with Crippen molar-refractivity contribution in [3.8, 4) is 5.75 Å². The lowest BCUT2D eigenvalue weighted by molar-refractivity contribution is 0.203. The molecule has 0 aliphatic carbocycles. The lowest BCUT2D eigenvalue weighted by Gasteiger charge is -2.16. The molecule has 0 atom stereocenters. The van der Waals surface area contributed by atoms with Crippen LogP contribution in [0, 0.1) is 12.7 Å². The summed E-state index contributed by atoms with van der Waals surface area (Å²) in [7, 11) is 1.49. The van der Waals surface area contributed by atoms with Gasteiger partial charge >= 0.3 is 6.09 Å². The molecule has 1 heterocycles. The van der Waals surface area contributed by atoms with E-state index in [9.17, 15) is 9.18 Å². The van der Waals surface area contributed by atoms with Crippen LogP contribution in [0.1, 0.15) is 10.6 Å². The third-order valence-electron chi connectivity index (χ3n) is 3.57. The fourth-order valence-corrected chi connectivity index (χ4v) is 3.21. The molecule has 0 radical (unpaired) electrons. The summed E-state index contributed by atoms with van der Waals surface area (Å²) in [5, 5.41) is 9.78. The van der Waals surface area contributed by atoms with Gasteiger partial charge in [-0.15, -0.1) is 11.3 Å². The molecule has 3 aromatic rings. The van der Waals surface area contributed by atoms with Crippen molar-refractivity contribution in [1.29, 1.82) is 0 Å². The van der Waals surface area contributed by atoms with Gasteiger partial charge < -0.3 is 9.84 Å². The zero-order chi connectivity index (χ0) is 17.3. The molecule has 24 heavy (non-hydrogen) atoms. The van der Waals surface area contributed by atoms with Crippen LogP contribution >= 0.6 is 11.3 Å². The van der Waals surface area contributed by atoms with Gasteiger partial charge in [0.05, 0.1) is 10.2 Å². The topological polar surface area (TPSA) is 62.7 Å². The number of hydrogen-bond acceptors (Lipinski definition) is 4. The minimum absolute atomic E-state index is 0.272. The molecule has 2 aromatic carbocycles. The van der Waals surface area contributed by atoms with Crippen molar-refractivity contribution >= 4 is 33.3 Å². The summed E-state index contributed by atoms with van der Waals surface area (Å²) in [6.45, 7) is 2.09. The van der Waals surface area contributed by atoms with E-state index in [0.29, 0.717) is 17.0 Å². The van der Waals surface area contributed by atoms with E-state index in [-0.39, 0.29) is 12.4 Å². The summed E-state index contributed by atoms with van der Waals surface area (Å²) in [4.78, 5) is 16.5. The van der Waals surface area contributed by atoms with Crippen LogP contribution in [0.3, 0.4) is 0 Å². The Morgan fingerprint density at radius 2 is 2.12 bits per heavy atom. The van der Waals surface area contributed by atoms with Gasteiger partial charge in [-0.05, 0) is 42.8 Å². The third kappa shape index (κ3) is 3.30. The summed E-state index contributed by atoms with van der Waals surface area (Å²) in [6, 6.07) is 9.71. The molecule has 0 bridgehead atoms. The minimum atomic E-state index is -1.02. The smallest absolute Gasteiger partial charge is 0.411 e. The Bertz CT molecular complexity index is 910. The molecule has 3 rings (SSSR count). The van der Waals surface area contributed by atoms with E-state index < -0.39 is 6.09 Å². The third-order valence-corrected chi connectivity index (χ3v) is 4.58. The number of carboxylic acid groups (broad SMARTS) is 1. The number of fused-ring (bicyclic) bond motifs is 1. The summed E-state index contributed by atoms with van der Waals surface area (Å²) in [5.41, 5.74) is 2.02. The number of aromatic nitrogens is 1. The number of carbonyl (C=O) groups is 1. The molecule has 0 aliphatic heterocycles. The molecule has 1 aromatic heterocycles. The number of thiazole rings is 1. The lowest BCUT2D eigenvalue weighted by atomic mass is 10.2. The quantitative estimate of drug-likeness (QED) is 0.759. The second kappa shape index (κ2) is 6.45. The lowest BCUT2D eigenvalue weighted by Crippen LogP contribution is -2.24. The molecular formula is C17H15FN2O3S. The van der Waals surface area contributed by atoms with Crippen LogP contribution in [0.2, 0.25) is 0 Å². The molecule has 0 unspecified atom stereocenters. The monoisotopic (exact) mass is 346 g/mol. The molecule has 5 nitrogen and oxygen atoms in total.